The van der Waals surface area contributed by atoms with Crippen LogP contribution >= 0.6 is 0 Å². The van der Waals surface area contributed by atoms with E-state index in [4.69, 9.17) is 9.47 Å². The molecule has 0 aliphatic rings. The fourth-order valence-corrected chi connectivity index (χ4v) is 4.68. The molecular weight excluding hydrogens is 620 g/mol. The molecule has 0 aliphatic heterocycles. The third-order valence-corrected chi connectivity index (χ3v) is 7.27. The van der Waals surface area contributed by atoms with Crippen LogP contribution in [-0.4, -0.2) is 46.1 Å². The number of halogens is 6. The molecule has 0 radical (unpaired) electrons. The van der Waals surface area contributed by atoms with E-state index >= 15 is 0 Å². The van der Waals surface area contributed by atoms with E-state index in [1.807, 2.05) is 0 Å². The first-order valence-electron chi connectivity index (χ1n) is 10.8. The standard InChI is InChI=1S/C27H20As2F6O2/c28-19-5-13-23(14-6-19)36-21-9-1-17(2-10-21)25(26(30,31)32,27(33,34)35)18-3-11-22(12-4-18)37-24-15-7-20(29)8-16-24/h1-16H,28-29H2. The molecule has 0 saturated carbocycles. The van der Waals surface area contributed by atoms with Gasteiger partial charge < -0.3 is 0 Å². The second kappa shape index (κ2) is 10.5. The van der Waals surface area contributed by atoms with Crippen molar-refractivity contribution in [2.75, 3.05) is 0 Å². The molecule has 0 amide bonds. The Balaban J connectivity index is 1.71. The van der Waals surface area contributed by atoms with Gasteiger partial charge in [0.2, 0.25) is 0 Å². The average molecular weight is 640 g/mol. The van der Waals surface area contributed by atoms with Crippen LogP contribution in [0, 0.1) is 0 Å². The molecule has 0 saturated heterocycles. The van der Waals surface area contributed by atoms with E-state index in [-0.39, 0.29) is 11.5 Å². The Morgan fingerprint density at radius 1 is 0.405 bits per heavy atom. The number of ether oxygens (including phenoxy) is 2. The zero-order chi connectivity index (χ0) is 26.8. The van der Waals surface area contributed by atoms with E-state index in [1.165, 1.54) is 33.7 Å². The van der Waals surface area contributed by atoms with Crippen LogP contribution in [0.1, 0.15) is 11.1 Å². The summed E-state index contributed by atoms with van der Waals surface area (Å²) in [6, 6.07) is 21.5. The Bertz CT molecular complexity index is 1230. The molecule has 4 aromatic carbocycles. The van der Waals surface area contributed by atoms with E-state index in [9.17, 15) is 26.3 Å². The van der Waals surface area contributed by atoms with Crippen molar-refractivity contribution >= 4 is 42.4 Å². The van der Waals surface area contributed by atoms with Gasteiger partial charge in [0.1, 0.15) is 0 Å². The second-order valence-corrected chi connectivity index (χ2v) is 10.9. The summed E-state index contributed by atoms with van der Waals surface area (Å²) >= 11 is 2.81. The molecule has 0 aliphatic carbocycles. The number of benzene rings is 4. The number of hydrogen-bond acceptors (Lipinski definition) is 2. The number of alkyl halides is 6. The predicted octanol–water partition coefficient (Wildman–Crippen LogP) is 5.20. The Labute approximate surface area is 226 Å². The fourth-order valence-electron chi connectivity index (χ4n) is 3.87. The van der Waals surface area contributed by atoms with Gasteiger partial charge in [-0.1, -0.05) is 0 Å². The molecule has 10 heteroatoms. The normalized spacial score (nSPS) is 12.3. The summed E-state index contributed by atoms with van der Waals surface area (Å²) in [6.45, 7) is 0. The summed E-state index contributed by atoms with van der Waals surface area (Å²) in [6.07, 6.45) is -11.4. The summed E-state index contributed by atoms with van der Waals surface area (Å²) < 4.78 is 99.8. The van der Waals surface area contributed by atoms with Crippen LogP contribution in [0.3, 0.4) is 0 Å². The summed E-state index contributed by atoms with van der Waals surface area (Å²) in [5.41, 5.74) is -6.20. The van der Waals surface area contributed by atoms with Gasteiger partial charge in [-0.25, -0.2) is 0 Å². The number of rotatable bonds is 6. The predicted molar refractivity (Wildman–Crippen MR) is 135 cm³/mol. The molecule has 0 fully saturated rings. The van der Waals surface area contributed by atoms with E-state index in [0.717, 1.165) is 57.2 Å². The zero-order valence-corrected chi connectivity index (χ0v) is 23.8. The summed E-state index contributed by atoms with van der Waals surface area (Å²) in [5.74, 6) is 1.05. The van der Waals surface area contributed by atoms with Crippen molar-refractivity contribution in [3.63, 3.8) is 0 Å². The van der Waals surface area contributed by atoms with Crippen LogP contribution in [0.5, 0.6) is 23.0 Å². The third-order valence-electron chi connectivity index (χ3n) is 5.66. The first-order chi connectivity index (χ1) is 17.4. The van der Waals surface area contributed by atoms with Crippen molar-refractivity contribution in [2.24, 2.45) is 0 Å². The van der Waals surface area contributed by atoms with Gasteiger partial charge in [-0.2, -0.15) is 0 Å². The maximum absolute atomic E-state index is 14.4. The molecule has 4 aromatic rings. The second-order valence-electron chi connectivity index (χ2n) is 8.14. The first kappa shape index (κ1) is 27.2. The SMILES string of the molecule is FC(F)(F)C(c1ccc(Oc2ccc([AsH2])cc2)cc1)(c1ccc(Oc2ccc([AsH2])cc2)cc1)C(F)(F)F. The Kier molecular flexibility index (Phi) is 7.73. The van der Waals surface area contributed by atoms with Gasteiger partial charge in [0.25, 0.3) is 0 Å². The number of hydrogen-bond donors (Lipinski definition) is 0. The molecule has 0 N–H and O–H groups in total. The van der Waals surface area contributed by atoms with Crippen LogP contribution in [-0.2, 0) is 5.41 Å². The van der Waals surface area contributed by atoms with Crippen molar-refractivity contribution in [1.29, 1.82) is 0 Å². The van der Waals surface area contributed by atoms with Gasteiger partial charge in [0.05, 0.1) is 0 Å². The third kappa shape index (κ3) is 5.71. The van der Waals surface area contributed by atoms with Crippen molar-refractivity contribution < 1.29 is 35.8 Å². The van der Waals surface area contributed by atoms with Crippen LogP contribution in [0.25, 0.3) is 0 Å². The Hall–Kier alpha value is -2.82. The summed E-state index contributed by atoms with van der Waals surface area (Å²) in [5, 5.41) is 0. The molecule has 2 nitrogen and oxygen atoms in total. The minimum atomic E-state index is -5.69. The van der Waals surface area contributed by atoms with Gasteiger partial charge in [0, 0.05) is 0 Å². The average Bonchev–Trinajstić information content (AvgIpc) is 2.83. The topological polar surface area (TPSA) is 18.5 Å². The zero-order valence-electron chi connectivity index (χ0n) is 19.0. The van der Waals surface area contributed by atoms with Crippen LogP contribution in [0.4, 0.5) is 26.3 Å². The maximum atomic E-state index is 14.4. The van der Waals surface area contributed by atoms with Crippen molar-refractivity contribution in [3.8, 4) is 23.0 Å². The van der Waals surface area contributed by atoms with E-state index in [2.05, 4.69) is 0 Å². The Morgan fingerprint density at radius 3 is 0.892 bits per heavy atom. The van der Waals surface area contributed by atoms with Gasteiger partial charge in [-0.3, -0.25) is 0 Å². The molecule has 0 spiro atoms. The van der Waals surface area contributed by atoms with Crippen molar-refractivity contribution in [1.82, 2.24) is 0 Å². The summed E-state index contributed by atoms with van der Waals surface area (Å²) in [7, 11) is 0. The Morgan fingerprint density at radius 2 is 0.649 bits per heavy atom. The molecule has 2 unspecified atom stereocenters. The molecule has 2 atom stereocenters. The molecular formula is C27H20As2F6O2. The molecule has 192 valence electrons. The monoisotopic (exact) mass is 640 g/mol. The van der Waals surface area contributed by atoms with Crippen LogP contribution in [0.15, 0.2) is 97.1 Å². The molecule has 37 heavy (non-hydrogen) atoms. The molecule has 0 bridgehead atoms. The molecule has 0 heterocycles. The van der Waals surface area contributed by atoms with E-state index in [1.54, 1.807) is 48.5 Å². The van der Waals surface area contributed by atoms with E-state index in [0.29, 0.717) is 11.5 Å². The molecule has 0 aromatic heterocycles. The fraction of sp³-hybridized carbons (Fsp3) is 0.111. The minimum absolute atomic E-state index is 0.111. The first-order valence-corrected chi connectivity index (χ1v) is 13.2. The van der Waals surface area contributed by atoms with Gasteiger partial charge in [0.15, 0.2) is 0 Å². The van der Waals surface area contributed by atoms with Crippen molar-refractivity contribution in [3.05, 3.63) is 108 Å². The van der Waals surface area contributed by atoms with Crippen molar-refractivity contribution in [2.45, 2.75) is 17.8 Å². The van der Waals surface area contributed by atoms with Gasteiger partial charge >= 0.3 is 227 Å². The van der Waals surface area contributed by atoms with Gasteiger partial charge in [-0.05, 0) is 0 Å². The van der Waals surface area contributed by atoms with Crippen LogP contribution < -0.4 is 18.2 Å². The molecule has 4 rings (SSSR count). The van der Waals surface area contributed by atoms with Gasteiger partial charge in [-0.15, -0.1) is 0 Å². The summed E-state index contributed by atoms with van der Waals surface area (Å²) in [4.78, 5) is 0. The van der Waals surface area contributed by atoms with E-state index < -0.39 is 28.9 Å². The quantitative estimate of drug-likeness (QED) is 0.213. The van der Waals surface area contributed by atoms with Crippen LogP contribution in [0.2, 0.25) is 0 Å².